The van der Waals surface area contributed by atoms with Gasteiger partial charge in [0, 0.05) is 6.54 Å². The van der Waals surface area contributed by atoms with Crippen molar-refractivity contribution in [1.29, 1.82) is 0 Å². The van der Waals surface area contributed by atoms with Gasteiger partial charge in [0.1, 0.15) is 11.9 Å². The van der Waals surface area contributed by atoms with Crippen LogP contribution in [0.1, 0.15) is 30.3 Å². The van der Waals surface area contributed by atoms with Crippen LogP contribution in [0.4, 0.5) is 0 Å². The standard InChI is InChI=1S/C16H19N5O3/c1-23-12-4-2-3-11(9-12)16(5-6-16)15(22)21-7-8-24-13(10-21)14-17-19-20-18-14/h2-4,9,13H,5-8,10H2,1H3,(H,17,18,19,20). The largest absolute Gasteiger partial charge is 0.497 e. The van der Waals surface area contributed by atoms with Crippen LogP contribution in [0, 0.1) is 0 Å². The second-order valence-electron chi connectivity index (χ2n) is 6.19. The van der Waals surface area contributed by atoms with Crippen molar-refractivity contribution in [1.82, 2.24) is 25.5 Å². The van der Waals surface area contributed by atoms with Gasteiger partial charge in [-0.05, 0) is 30.5 Å². The molecular weight excluding hydrogens is 310 g/mol. The summed E-state index contributed by atoms with van der Waals surface area (Å²) in [6.07, 6.45) is 1.40. The van der Waals surface area contributed by atoms with Gasteiger partial charge in [-0.25, -0.2) is 0 Å². The zero-order valence-corrected chi connectivity index (χ0v) is 13.4. The van der Waals surface area contributed by atoms with Crippen LogP contribution in [0.2, 0.25) is 0 Å². The third-order valence-corrected chi connectivity index (χ3v) is 4.79. The van der Waals surface area contributed by atoms with E-state index >= 15 is 0 Å². The number of rotatable bonds is 4. The SMILES string of the molecule is COc1cccc(C2(C(=O)N3CCOC(c4nn[nH]n4)C3)CC2)c1. The molecule has 2 aromatic rings. The maximum absolute atomic E-state index is 13.2. The lowest BCUT2D eigenvalue weighted by Crippen LogP contribution is -2.47. The predicted octanol–water partition coefficient (Wildman–Crippen LogP) is 0.840. The number of aromatic amines is 1. The van der Waals surface area contributed by atoms with Crippen molar-refractivity contribution < 1.29 is 14.3 Å². The lowest BCUT2D eigenvalue weighted by Gasteiger charge is -2.34. The number of methoxy groups -OCH3 is 1. The molecule has 1 atom stereocenters. The molecule has 0 bridgehead atoms. The van der Waals surface area contributed by atoms with Gasteiger partial charge in [-0.2, -0.15) is 5.21 Å². The minimum atomic E-state index is -0.423. The number of benzene rings is 1. The minimum Gasteiger partial charge on any atom is -0.497 e. The van der Waals surface area contributed by atoms with E-state index < -0.39 is 5.41 Å². The molecule has 2 heterocycles. The van der Waals surface area contributed by atoms with Crippen LogP contribution in [0.5, 0.6) is 5.75 Å². The van der Waals surface area contributed by atoms with Crippen molar-refractivity contribution in [2.75, 3.05) is 26.8 Å². The molecule has 1 amide bonds. The fourth-order valence-corrected chi connectivity index (χ4v) is 3.27. The zero-order valence-electron chi connectivity index (χ0n) is 13.4. The van der Waals surface area contributed by atoms with Crippen LogP contribution in [-0.2, 0) is 14.9 Å². The van der Waals surface area contributed by atoms with E-state index in [1.165, 1.54) is 0 Å². The lowest BCUT2D eigenvalue weighted by atomic mass is 9.93. The number of hydrogen-bond acceptors (Lipinski definition) is 6. The van der Waals surface area contributed by atoms with Crippen LogP contribution < -0.4 is 4.74 Å². The van der Waals surface area contributed by atoms with Crippen LogP contribution >= 0.6 is 0 Å². The number of aromatic nitrogens is 4. The summed E-state index contributed by atoms with van der Waals surface area (Å²) in [5.74, 6) is 1.41. The van der Waals surface area contributed by atoms with Gasteiger partial charge in [-0.3, -0.25) is 4.79 Å². The van der Waals surface area contributed by atoms with Gasteiger partial charge in [0.2, 0.25) is 11.7 Å². The van der Waals surface area contributed by atoms with Crippen LogP contribution in [0.3, 0.4) is 0 Å². The average molecular weight is 329 g/mol. The maximum atomic E-state index is 13.2. The number of ether oxygens (including phenoxy) is 2. The number of hydrogen-bond donors (Lipinski definition) is 1. The average Bonchev–Trinajstić information content (AvgIpc) is 3.27. The fraction of sp³-hybridized carbons (Fsp3) is 0.500. The number of nitrogens with zero attached hydrogens (tertiary/aromatic N) is 4. The summed E-state index contributed by atoms with van der Waals surface area (Å²) < 4.78 is 11.0. The van der Waals surface area contributed by atoms with E-state index in [-0.39, 0.29) is 12.0 Å². The quantitative estimate of drug-likeness (QED) is 0.893. The van der Waals surface area contributed by atoms with Crippen molar-refractivity contribution in [3.05, 3.63) is 35.7 Å². The summed E-state index contributed by atoms with van der Waals surface area (Å²) in [6.45, 7) is 1.50. The van der Waals surface area contributed by atoms with Gasteiger partial charge in [-0.15, -0.1) is 10.2 Å². The van der Waals surface area contributed by atoms with E-state index in [0.29, 0.717) is 25.5 Å². The first-order valence-electron chi connectivity index (χ1n) is 8.02. The Kier molecular flexibility index (Phi) is 3.68. The molecular formula is C16H19N5O3. The Morgan fingerprint density at radius 3 is 3.04 bits per heavy atom. The van der Waals surface area contributed by atoms with E-state index in [9.17, 15) is 4.79 Å². The summed E-state index contributed by atoms with van der Waals surface area (Å²) in [7, 11) is 1.64. The van der Waals surface area contributed by atoms with E-state index in [0.717, 1.165) is 24.2 Å². The normalized spacial score (nSPS) is 22.2. The Labute approximate surface area is 139 Å². The first-order chi connectivity index (χ1) is 11.7. The molecule has 2 fully saturated rings. The Morgan fingerprint density at radius 1 is 1.46 bits per heavy atom. The molecule has 1 aromatic heterocycles. The van der Waals surface area contributed by atoms with Crippen LogP contribution in [-0.4, -0.2) is 58.2 Å². The minimum absolute atomic E-state index is 0.146. The molecule has 1 saturated heterocycles. The first kappa shape index (κ1) is 15.1. The highest BCUT2D eigenvalue weighted by molar-refractivity contribution is 5.91. The Morgan fingerprint density at radius 2 is 2.33 bits per heavy atom. The van der Waals surface area contributed by atoms with Crippen LogP contribution in [0.25, 0.3) is 0 Å². The van der Waals surface area contributed by atoms with Gasteiger partial charge in [-0.1, -0.05) is 17.3 Å². The second-order valence-corrected chi connectivity index (χ2v) is 6.19. The number of morpholine rings is 1. The third-order valence-electron chi connectivity index (χ3n) is 4.79. The summed E-state index contributed by atoms with van der Waals surface area (Å²) >= 11 is 0. The summed E-state index contributed by atoms with van der Waals surface area (Å²) in [5.41, 5.74) is 0.600. The first-order valence-corrected chi connectivity index (χ1v) is 8.02. The highest BCUT2D eigenvalue weighted by Crippen LogP contribution is 2.50. The molecule has 126 valence electrons. The van der Waals surface area contributed by atoms with E-state index in [1.807, 2.05) is 29.2 Å². The fourth-order valence-electron chi connectivity index (χ4n) is 3.27. The number of carbonyl (C=O) groups excluding carboxylic acids is 1. The summed E-state index contributed by atoms with van der Waals surface area (Å²) in [5, 5.41) is 13.9. The van der Waals surface area contributed by atoms with Crippen molar-refractivity contribution in [2.24, 2.45) is 0 Å². The molecule has 1 aromatic carbocycles. The van der Waals surface area contributed by atoms with Gasteiger partial charge < -0.3 is 14.4 Å². The molecule has 8 nitrogen and oxygen atoms in total. The van der Waals surface area contributed by atoms with Crippen molar-refractivity contribution in [2.45, 2.75) is 24.4 Å². The topological polar surface area (TPSA) is 93.2 Å². The lowest BCUT2D eigenvalue weighted by molar-refractivity contribution is -0.142. The Balaban J connectivity index is 1.54. The third kappa shape index (κ3) is 2.52. The monoisotopic (exact) mass is 329 g/mol. The number of amides is 1. The van der Waals surface area contributed by atoms with Gasteiger partial charge in [0.15, 0.2) is 0 Å². The van der Waals surface area contributed by atoms with E-state index in [2.05, 4.69) is 20.6 Å². The number of tetrazole rings is 1. The maximum Gasteiger partial charge on any atom is 0.233 e. The summed E-state index contributed by atoms with van der Waals surface area (Å²) in [6, 6.07) is 7.79. The molecule has 0 radical (unpaired) electrons. The molecule has 1 saturated carbocycles. The van der Waals surface area contributed by atoms with Gasteiger partial charge >= 0.3 is 0 Å². The molecule has 8 heteroatoms. The van der Waals surface area contributed by atoms with Gasteiger partial charge in [0.25, 0.3) is 0 Å². The highest BCUT2D eigenvalue weighted by atomic mass is 16.5. The van der Waals surface area contributed by atoms with Crippen molar-refractivity contribution >= 4 is 5.91 Å². The molecule has 2 aliphatic rings. The van der Waals surface area contributed by atoms with Gasteiger partial charge in [0.05, 0.1) is 25.7 Å². The zero-order chi connectivity index (χ0) is 16.6. The van der Waals surface area contributed by atoms with Crippen molar-refractivity contribution in [3.63, 3.8) is 0 Å². The van der Waals surface area contributed by atoms with E-state index in [4.69, 9.17) is 9.47 Å². The molecule has 1 unspecified atom stereocenters. The highest BCUT2D eigenvalue weighted by Gasteiger charge is 2.53. The number of H-pyrrole nitrogens is 1. The smallest absolute Gasteiger partial charge is 0.233 e. The molecule has 1 N–H and O–H groups in total. The molecule has 4 rings (SSSR count). The van der Waals surface area contributed by atoms with Crippen LogP contribution in [0.15, 0.2) is 24.3 Å². The molecule has 0 spiro atoms. The Bertz CT molecular complexity index is 729. The second kappa shape index (κ2) is 5.86. The van der Waals surface area contributed by atoms with Crippen molar-refractivity contribution in [3.8, 4) is 5.75 Å². The molecule has 24 heavy (non-hydrogen) atoms. The van der Waals surface area contributed by atoms with E-state index in [1.54, 1.807) is 7.11 Å². The number of nitrogens with one attached hydrogen (secondary N) is 1. The molecule has 1 aliphatic heterocycles. The molecule has 1 aliphatic carbocycles. The Hall–Kier alpha value is -2.48. The summed E-state index contributed by atoms with van der Waals surface area (Å²) in [4.78, 5) is 15.0. The number of carbonyl (C=O) groups is 1. The predicted molar refractivity (Wildman–Crippen MR) is 83.4 cm³/mol.